The van der Waals surface area contributed by atoms with Gasteiger partial charge in [-0.1, -0.05) is 0 Å². The Morgan fingerprint density at radius 1 is 0.857 bits per heavy atom. The van der Waals surface area contributed by atoms with Gasteiger partial charge in [0.25, 0.3) is 0 Å². The summed E-state index contributed by atoms with van der Waals surface area (Å²) in [7, 11) is 0. The van der Waals surface area contributed by atoms with Gasteiger partial charge in [-0.3, -0.25) is 4.79 Å². The van der Waals surface area contributed by atoms with Crippen molar-refractivity contribution in [1.29, 1.82) is 0 Å². The molecule has 0 aliphatic rings. The molecule has 0 unspecified atom stereocenters. The molecular formula is C19H38N2O7. The van der Waals surface area contributed by atoms with Crippen molar-refractivity contribution in [3.8, 4) is 0 Å². The highest BCUT2D eigenvalue weighted by molar-refractivity contribution is 5.81. The van der Waals surface area contributed by atoms with Gasteiger partial charge in [-0.25, -0.2) is 4.79 Å². The third kappa shape index (κ3) is 18.1. The van der Waals surface area contributed by atoms with Crippen molar-refractivity contribution in [3.05, 3.63) is 0 Å². The van der Waals surface area contributed by atoms with Gasteiger partial charge >= 0.3 is 5.97 Å². The van der Waals surface area contributed by atoms with Gasteiger partial charge in [-0.15, -0.1) is 0 Å². The number of hydrogen-bond donors (Lipinski definition) is 2. The molecule has 0 fully saturated rings. The summed E-state index contributed by atoms with van der Waals surface area (Å²) in [6, 6.07) is -0.705. The number of carbonyl (C=O) groups excluding carboxylic acids is 2. The average Bonchev–Trinajstić information content (AvgIpc) is 2.54. The van der Waals surface area contributed by atoms with E-state index in [-0.39, 0.29) is 24.7 Å². The first-order valence-electron chi connectivity index (χ1n) is 9.53. The van der Waals surface area contributed by atoms with Crippen LogP contribution in [0.4, 0.5) is 0 Å². The Labute approximate surface area is 168 Å². The largest absolute Gasteiger partial charge is 0.458 e. The Morgan fingerprint density at radius 2 is 1.39 bits per heavy atom. The molecule has 166 valence electrons. The Bertz CT molecular complexity index is 445. The van der Waals surface area contributed by atoms with Crippen LogP contribution in [0, 0.1) is 0 Å². The molecule has 0 aliphatic carbocycles. The molecule has 9 nitrogen and oxygen atoms in total. The lowest BCUT2D eigenvalue weighted by atomic mass is 10.2. The first kappa shape index (κ1) is 26.7. The summed E-state index contributed by atoms with van der Waals surface area (Å²) in [5, 5.41) is 2.69. The van der Waals surface area contributed by atoms with Crippen LogP contribution in [0.1, 0.15) is 41.5 Å². The van der Waals surface area contributed by atoms with Crippen molar-refractivity contribution in [2.45, 2.75) is 58.8 Å². The number of esters is 1. The van der Waals surface area contributed by atoms with Crippen molar-refractivity contribution in [2.24, 2.45) is 5.73 Å². The van der Waals surface area contributed by atoms with Crippen LogP contribution in [0.15, 0.2) is 0 Å². The van der Waals surface area contributed by atoms with Crippen LogP contribution in [-0.4, -0.2) is 81.9 Å². The molecule has 1 amide bonds. The highest BCUT2D eigenvalue weighted by Crippen LogP contribution is 2.07. The molecule has 0 aromatic rings. The fraction of sp³-hybridized carbons (Fsp3) is 0.895. The molecule has 0 bridgehead atoms. The molecule has 9 heteroatoms. The quantitative estimate of drug-likeness (QED) is 0.319. The number of nitrogens with one attached hydrogen (secondary N) is 1. The number of carbonyl (C=O) groups is 2. The zero-order chi connectivity index (χ0) is 21.6. The molecule has 0 aliphatic heterocycles. The Kier molecular flexibility index (Phi) is 13.2. The molecule has 0 saturated heterocycles. The van der Waals surface area contributed by atoms with Crippen molar-refractivity contribution >= 4 is 11.9 Å². The summed E-state index contributed by atoms with van der Waals surface area (Å²) in [4.78, 5) is 23.2. The van der Waals surface area contributed by atoms with Crippen molar-refractivity contribution in [2.75, 3.05) is 52.8 Å². The van der Waals surface area contributed by atoms with Gasteiger partial charge in [-0.05, 0) is 41.5 Å². The maximum Gasteiger partial charge on any atom is 0.332 e. The van der Waals surface area contributed by atoms with E-state index in [1.165, 1.54) is 0 Å². The number of amides is 1. The highest BCUT2D eigenvalue weighted by Gasteiger charge is 2.18. The van der Waals surface area contributed by atoms with E-state index >= 15 is 0 Å². The van der Waals surface area contributed by atoms with Gasteiger partial charge in [-0.2, -0.15) is 0 Å². The first-order valence-corrected chi connectivity index (χ1v) is 9.53. The molecule has 0 aromatic heterocycles. The maximum atomic E-state index is 11.8. The topological polar surface area (TPSA) is 118 Å². The summed E-state index contributed by atoms with van der Waals surface area (Å²) in [5.74, 6) is -0.672. The third-order valence-corrected chi connectivity index (χ3v) is 2.96. The second kappa shape index (κ2) is 13.8. The molecule has 1 atom stereocenters. The van der Waals surface area contributed by atoms with Crippen molar-refractivity contribution in [1.82, 2.24) is 5.32 Å². The Hall–Kier alpha value is -1.26. The third-order valence-electron chi connectivity index (χ3n) is 2.96. The normalized spacial score (nSPS) is 13.2. The number of hydrogen-bond acceptors (Lipinski definition) is 8. The van der Waals surface area contributed by atoms with E-state index in [1.807, 2.05) is 20.8 Å². The van der Waals surface area contributed by atoms with E-state index in [1.54, 1.807) is 20.8 Å². The summed E-state index contributed by atoms with van der Waals surface area (Å²) in [5.41, 5.74) is 4.91. The van der Waals surface area contributed by atoms with Crippen LogP contribution in [0.25, 0.3) is 0 Å². The molecule has 0 aromatic carbocycles. The van der Waals surface area contributed by atoms with Gasteiger partial charge in [0.15, 0.2) is 0 Å². The number of ether oxygens (including phenoxy) is 5. The molecule has 0 radical (unpaired) electrons. The lowest BCUT2D eigenvalue weighted by molar-refractivity contribution is -0.160. The van der Waals surface area contributed by atoms with E-state index in [4.69, 9.17) is 29.4 Å². The molecule has 0 saturated carbocycles. The standard InChI is InChI=1S/C19H38N2O7/c1-18(2,3)27-13-15(20)17(23)21-7-8-24-9-10-25-11-12-26-14-16(22)28-19(4,5)6/h15H,7-14,20H2,1-6H3,(H,21,23)/t15-/m0/s1. The van der Waals surface area contributed by atoms with Crippen LogP contribution in [0.5, 0.6) is 0 Å². The van der Waals surface area contributed by atoms with Gasteiger partial charge in [0.2, 0.25) is 5.91 Å². The van der Waals surface area contributed by atoms with Crippen LogP contribution in [0.2, 0.25) is 0 Å². The smallest absolute Gasteiger partial charge is 0.332 e. The van der Waals surface area contributed by atoms with E-state index in [0.29, 0.717) is 39.6 Å². The second-order valence-electron chi connectivity index (χ2n) is 8.18. The summed E-state index contributed by atoms with van der Waals surface area (Å²) < 4.78 is 26.4. The zero-order valence-electron chi connectivity index (χ0n) is 18.2. The fourth-order valence-corrected chi connectivity index (χ4v) is 1.76. The number of nitrogens with two attached hydrogens (primary N) is 1. The lowest BCUT2D eigenvalue weighted by Gasteiger charge is -2.22. The molecule has 0 spiro atoms. The second-order valence-corrected chi connectivity index (χ2v) is 8.18. The van der Waals surface area contributed by atoms with Gasteiger partial charge < -0.3 is 34.7 Å². The van der Waals surface area contributed by atoms with E-state index < -0.39 is 17.6 Å². The predicted molar refractivity (Wildman–Crippen MR) is 105 cm³/mol. The van der Waals surface area contributed by atoms with Crippen LogP contribution in [-0.2, 0) is 33.3 Å². The Balaban J connectivity index is 3.46. The Morgan fingerprint density at radius 3 is 1.93 bits per heavy atom. The van der Waals surface area contributed by atoms with Crippen LogP contribution in [0.3, 0.4) is 0 Å². The molecular weight excluding hydrogens is 368 g/mol. The predicted octanol–water partition coefficient (Wildman–Crippen LogP) is 0.637. The minimum atomic E-state index is -0.705. The summed E-state index contributed by atoms with van der Waals surface area (Å²) in [6.45, 7) is 13.3. The van der Waals surface area contributed by atoms with Crippen LogP contribution >= 0.6 is 0 Å². The molecule has 3 N–H and O–H groups in total. The number of rotatable bonds is 14. The monoisotopic (exact) mass is 406 g/mol. The summed E-state index contributed by atoms with van der Waals surface area (Å²) >= 11 is 0. The van der Waals surface area contributed by atoms with Crippen molar-refractivity contribution in [3.63, 3.8) is 0 Å². The van der Waals surface area contributed by atoms with E-state index in [2.05, 4.69) is 5.32 Å². The van der Waals surface area contributed by atoms with E-state index in [9.17, 15) is 9.59 Å². The highest BCUT2D eigenvalue weighted by atomic mass is 16.6. The SMILES string of the molecule is CC(C)(C)OC[C@H](N)C(=O)NCCOCCOCCOCC(=O)OC(C)(C)C. The minimum Gasteiger partial charge on any atom is -0.458 e. The lowest BCUT2D eigenvalue weighted by Crippen LogP contribution is -2.45. The maximum absolute atomic E-state index is 11.8. The molecule has 0 rings (SSSR count). The average molecular weight is 407 g/mol. The van der Waals surface area contributed by atoms with E-state index in [0.717, 1.165) is 0 Å². The fourth-order valence-electron chi connectivity index (χ4n) is 1.76. The minimum absolute atomic E-state index is 0.0975. The van der Waals surface area contributed by atoms with Gasteiger partial charge in [0.1, 0.15) is 18.2 Å². The first-order chi connectivity index (χ1) is 12.9. The summed E-state index contributed by atoms with van der Waals surface area (Å²) in [6.07, 6.45) is 0. The van der Waals surface area contributed by atoms with Gasteiger partial charge in [0.05, 0.1) is 45.2 Å². The van der Waals surface area contributed by atoms with Crippen molar-refractivity contribution < 1.29 is 33.3 Å². The van der Waals surface area contributed by atoms with Gasteiger partial charge in [0, 0.05) is 6.54 Å². The van der Waals surface area contributed by atoms with Crippen LogP contribution < -0.4 is 11.1 Å². The molecule has 0 heterocycles. The molecule has 28 heavy (non-hydrogen) atoms. The zero-order valence-corrected chi connectivity index (χ0v) is 18.2.